The van der Waals surface area contributed by atoms with Gasteiger partial charge in [-0.1, -0.05) is 6.07 Å². The predicted molar refractivity (Wildman–Crippen MR) is 68.9 cm³/mol. The van der Waals surface area contributed by atoms with Gasteiger partial charge in [-0.15, -0.1) is 0 Å². The molecule has 0 spiro atoms. The fourth-order valence-electron chi connectivity index (χ4n) is 1.68. The van der Waals surface area contributed by atoms with Crippen molar-refractivity contribution in [2.45, 2.75) is 26.8 Å². The fourth-order valence-corrected chi connectivity index (χ4v) is 1.68. The quantitative estimate of drug-likeness (QED) is 0.797. The van der Waals surface area contributed by atoms with Crippen molar-refractivity contribution >= 4 is 11.4 Å². The highest BCUT2D eigenvalue weighted by Gasteiger charge is 2.12. The zero-order valence-corrected chi connectivity index (χ0v) is 10.3. The van der Waals surface area contributed by atoms with Crippen LogP contribution in [0.25, 0.3) is 0 Å². The van der Waals surface area contributed by atoms with Gasteiger partial charge < -0.3 is 15.5 Å². The summed E-state index contributed by atoms with van der Waals surface area (Å²) in [5.74, 6) is 1.48. The van der Waals surface area contributed by atoms with Gasteiger partial charge in [0.05, 0.1) is 17.6 Å². The average Bonchev–Trinajstić information content (AvgIpc) is 2.69. The Bertz CT molecular complexity index is 519. The molecule has 1 heterocycles. The lowest BCUT2D eigenvalue weighted by atomic mass is 10.2. The molecule has 0 saturated heterocycles. The van der Waals surface area contributed by atoms with Crippen molar-refractivity contribution in [3.8, 4) is 0 Å². The van der Waals surface area contributed by atoms with E-state index in [-0.39, 0.29) is 6.04 Å². The minimum atomic E-state index is -0.00583. The van der Waals surface area contributed by atoms with E-state index in [2.05, 4.69) is 10.3 Å². The topological polar surface area (TPSA) is 64.1 Å². The summed E-state index contributed by atoms with van der Waals surface area (Å²) in [5, 5.41) is 3.29. The number of hydrogen-bond donors (Lipinski definition) is 2. The summed E-state index contributed by atoms with van der Waals surface area (Å²) >= 11 is 0. The molecule has 4 heteroatoms. The van der Waals surface area contributed by atoms with Crippen molar-refractivity contribution in [2.75, 3.05) is 11.1 Å². The van der Waals surface area contributed by atoms with Gasteiger partial charge in [0.2, 0.25) is 5.89 Å². The van der Waals surface area contributed by atoms with E-state index in [9.17, 15) is 0 Å². The van der Waals surface area contributed by atoms with E-state index in [0.29, 0.717) is 5.89 Å². The molecule has 17 heavy (non-hydrogen) atoms. The van der Waals surface area contributed by atoms with Crippen LogP contribution in [0.1, 0.15) is 30.2 Å². The normalized spacial score (nSPS) is 12.4. The summed E-state index contributed by atoms with van der Waals surface area (Å²) in [6.45, 7) is 5.88. The molecule has 4 nitrogen and oxygen atoms in total. The number of anilines is 2. The van der Waals surface area contributed by atoms with E-state index in [1.807, 2.05) is 39.0 Å². The molecule has 0 aliphatic carbocycles. The molecular weight excluding hydrogens is 214 g/mol. The van der Waals surface area contributed by atoms with Crippen molar-refractivity contribution < 1.29 is 4.42 Å². The van der Waals surface area contributed by atoms with E-state index in [4.69, 9.17) is 10.2 Å². The van der Waals surface area contributed by atoms with Crippen molar-refractivity contribution in [1.29, 1.82) is 0 Å². The number of aryl methyl sites for hydroxylation is 2. The summed E-state index contributed by atoms with van der Waals surface area (Å²) in [5.41, 5.74) is 8.72. The minimum absolute atomic E-state index is 0.00583. The third kappa shape index (κ3) is 2.58. The third-order valence-electron chi connectivity index (χ3n) is 2.59. The van der Waals surface area contributed by atoms with E-state index in [1.54, 1.807) is 6.20 Å². The van der Waals surface area contributed by atoms with Crippen LogP contribution in [0.2, 0.25) is 0 Å². The van der Waals surface area contributed by atoms with Gasteiger partial charge in [-0.25, -0.2) is 4.98 Å². The van der Waals surface area contributed by atoms with Gasteiger partial charge in [0.25, 0.3) is 0 Å². The Balaban J connectivity index is 2.15. The van der Waals surface area contributed by atoms with Crippen LogP contribution < -0.4 is 11.1 Å². The van der Waals surface area contributed by atoms with Crippen LogP contribution in [-0.4, -0.2) is 4.98 Å². The van der Waals surface area contributed by atoms with Crippen LogP contribution in [0.3, 0.4) is 0 Å². The molecule has 90 valence electrons. The number of nitrogen functional groups attached to an aromatic ring is 1. The summed E-state index contributed by atoms with van der Waals surface area (Å²) in [7, 11) is 0. The first kappa shape index (κ1) is 11.5. The second kappa shape index (κ2) is 4.49. The van der Waals surface area contributed by atoms with Crippen molar-refractivity contribution in [2.24, 2.45) is 0 Å². The zero-order chi connectivity index (χ0) is 12.4. The van der Waals surface area contributed by atoms with Gasteiger partial charge in [-0.05, 0) is 38.5 Å². The summed E-state index contributed by atoms with van der Waals surface area (Å²) in [6, 6.07) is 5.92. The number of nitrogens with zero attached hydrogens (tertiary/aromatic N) is 1. The minimum Gasteiger partial charge on any atom is -0.444 e. The molecule has 1 aromatic carbocycles. The SMILES string of the molecule is Cc1ccc(NC(C)c2ncc(C)o2)c(N)c1. The number of nitrogens with two attached hydrogens (primary N) is 1. The number of aromatic nitrogens is 1. The summed E-state index contributed by atoms with van der Waals surface area (Å²) in [6.07, 6.45) is 1.71. The molecule has 3 N–H and O–H groups in total. The van der Waals surface area contributed by atoms with Crippen molar-refractivity contribution in [3.63, 3.8) is 0 Å². The monoisotopic (exact) mass is 231 g/mol. The first-order chi connectivity index (χ1) is 8.06. The van der Waals surface area contributed by atoms with E-state index in [1.165, 1.54) is 0 Å². The van der Waals surface area contributed by atoms with Gasteiger partial charge >= 0.3 is 0 Å². The Labute approximate surface area is 101 Å². The Morgan fingerprint density at radius 3 is 2.71 bits per heavy atom. The van der Waals surface area contributed by atoms with E-state index >= 15 is 0 Å². The van der Waals surface area contributed by atoms with E-state index < -0.39 is 0 Å². The Morgan fingerprint density at radius 1 is 1.35 bits per heavy atom. The third-order valence-corrected chi connectivity index (χ3v) is 2.59. The van der Waals surface area contributed by atoms with Crippen molar-refractivity contribution in [1.82, 2.24) is 4.98 Å². The molecule has 1 aromatic heterocycles. The molecule has 0 saturated carbocycles. The van der Waals surface area contributed by atoms with Gasteiger partial charge in [0, 0.05) is 0 Å². The van der Waals surface area contributed by atoms with Crippen LogP contribution >= 0.6 is 0 Å². The standard InChI is InChI=1S/C13H17N3O/c1-8-4-5-12(11(14)6-8)16-10(3)13-15-7-9(2)17-13/h4-7,10,16H,14H2,1-3H3. The van der Waals surface area contributed by atoms with Crippen molar-refractivity contribution in [3.05, 3.63) is 41.6 Å². The molecular formula is C13H17N3O. The molecule has 1 atom stereocenters. The molecule has 0 aliphatic heterocycles. The molecule has 0 amide bonds. The zero-order valence-electron chi connectivity index (χ0n) is 10.3. The molecule has 1 unspecified atom stereocenters. The molecule has 2 aromatic rings. The number of hydrogen-bond acceptors (Lipinski definition) is 4. The lowest BCUT2D eigenvalue weighted by Crippen LogP contribution is -2.08. The van der Waals surface area contributed by atoms with Gasteiger partial charge in [0.1, 0.15) is 11.8 Å². The molecule has 2 rings (SSSR count). The molecule has 0 radical (unpaired) electrons. The molecule has 0 aliphatic rings. The predicted octanol–water partition coefficient (Wildman–Crippen LogP) is 3.05. The second-order valence-electron chi connectivity index (χ2n) is 4.27. The van der Waals surface area contributed by atoms with Gasteiger partial charge in [-0.3, -0.25) is 0 Å². The lowest BCUT2D eigenvalue weighted by Gasteiger charge is -2.14. The van der Waals surface area contributed by atoms with Crippen LogP contribution in [-0.2, 0) is 0 Å². The van der Waals surface area contributed by atoms with E-state index in [0.717, 1.165) is 22.7 Å². The summed E-state index contributed by atoms with van der Waals surface area (Å²) in [4.78, 5) is 4.19. The average molecular weight is 231 g/mol. The van der Waals surface area contributed by atoms with Crippen LogP contribution in [0, 0.1) is 13.8 Å². The molecule has 0 fully saturated rings. The Morgan fingerprint density at radius 2 is 2.12 bits per heavy atom. The van der Waals surface area contributed by atoms with Gasteiger partial charge in [-0.2, -0.15) is 0 Å². The number of nitrogens with one attached hydrogen (secondary N) is 1. The first-order valence-electron chi connectivity index (χ1n) is 5.61. The maximum atomic E-state index is 5.94. The summed E-state index contributed by atoms with van der Waals surface area (Å²) < 4.78 is 5.47. The highest BCUT2D eigenvalue weighted by molar-refractivity contribution is 5.67. The highest BCUT2D eigenvalue weighted by Crippen LogP contribution is 2.24. The van der Waals surface area contributed by atoms with Crippen LogP contribution in [0.4, 0.5) is 11.4 Å². The molecule has 0 bridgehead atoms. The number of rotatable bonds is 3. The van der Waals surface area contributed by atoms with Gasteiger partial charge in [0.15, 0.2) is 0 Å². The highest BCUT2D eigenvalue weighted by atomic mass is 16.4. The maximum Gasteiger partial charge on any atom is 0.216 e. The van der Waals surface area contributed by atoms with Crippen LogP contribution in [0.15, 0.2) is 28.8 Å². The number of benzene rings is 1. The van der Waals surface area contributed by atoms with Crippen LogP contribution in [0.5, 0.6) is 0 Å². The smallest absolute Gasteiger partial charge is 0.216 e. The largest absolute Gasteiger partial charge is 0.444 e. The first-order valence-corrected chi connectivity index (χ1v) is 5.61. The fraction of sp³-hybridized carbons (Fsp3) is 0.308. The number of oxazole rings is 1. The maximum absolute atomic E-state index is 5.94. The Kier molecular flexibility index (Phi) is 3.04. The lowest BCUT2D eigenvalue weighted by molar-refractivity contribution is 0.454. The Hall–Kier alpha value is -1.97. The second-order valence-corrected chi connectivity index (χ2v) is 4.27.